The summed E-state index contributed by atoms with van der Waals surface area (Å²) in [5, 5.41) is 0. The van der Waals surface area contributed by atoms with Gasteiger partial charge in [-0.05, 0) is 98.8 Å². The van der Waals surface area contributed by atoms with E-state index in [0.717, 1.165) is 73.0 Å². The van der Waals surface area contributed by atoms with Gasteiger partial charge in [0.15, 0.2) is 11.6 Å². The molecule has 0 aliphatic heterocycles. The molecule has 7 aromatic carbocycles. The van der Waals surface area contributed by atoms with Crippen LogP contribution >= 0.6 is 0 Å². The Balaban J connectivity index is 1.45. The average Bonchev–Trinajstić information content (AvgIpc) is 3.18. The fraction of sp³-hybridized carbons (Fsp3) is 0.0426. The molecule has 7 rings (SSSR count). The van der Waals surface area contributed by atoms with Crippen LogP contribution in [0.15, 0.2) is 164 Å². The Hall–Kier alpha value is -6.45. The second kappa shape index (κ2) is 14.0. The number of hydrogen-bond donors (Lipinski definition) is 0. The first-order valence-corrected chi connectivity index (χ1v) is 16.6. The first-order valence-electron chi connectivity index (χ1n) is 16.6. The van der Waals surface area contributed by atoms with Crippen molar-refractivity contribution in [2.24, 2.45) is 0 Å². The topological polar surface area (TPSA) is 51.2 Å². The number of carbonyl (C=O) groups excluding carboxylic acids is 3. The lowest BCUT2D eigenvalue weighted by Gasteiger charge is -2.18. The summed E-state index contributed by atoms with van der Waals surface area (Å²) in [6.45, 7) is 3.17. The van der Waals surface area contributed by atoms with Gasteiger partial charge in [-0.1, -0.05) is 146 Å². The molecule has 0 fully saturated rings. The Bertz CT molecular complexity index is 2240. The summed E-state index contributed by atoms with van der Waals surface area (Å²) >= 11 is 0. The van der Waals surface area contributed by atoms with Crippen molar-refractivity contribution >= 4 is 17.9 Å². The van der Waals surface area contributed by atoms with Gasteiger partial charge in [0, 0.05) is 16.7 Å². The normalized spacial score (nSPS) is 10.8. The molecule has 3 nitrogen and oxygen atoms in total. The molecule has 0 N–H and O–H groups in total. The summed E-state index contributed by atoms with van der Waals surface area (Å²) in [5.74, 6) is 0.0764. The van der Waals surface area contributed by atoms with Gasteiger partial charge in [-0.3, -0.25) is 14.4 Å². The molecule has 0 amide bonds. The quantitative estimate of drug-likeness (QED) is 0.116. The molecule has 0 radical (unpaired) electrons. The fourth-order valence-electron chi connectivity index (χ4n) is 6.56. The smallest absolute Gasteiger partial charge is 0.159 e. The van der Waals surface area contributed by atoms with Crippen LogP contribution in [0.4, 0.5) is 0 Å². The van der Waals surface area contributed by atoms with Crippen molar-refractivity contribution in [3.63, 3.8) is 0 Å². The molecule has 0 atom stereocenters. The number of ketones is 2. The maximum atomic E-state index is 12.0. The molecule has 0 aliphatic carbocycles. The Morgan fingerprint density at radius 1 is 0.360 bits per heavy atom. The van der Waals surface area contributed by atoms with E-state index in [1.807, 2.05) is 91.0 Å². The van der Waals surface area contributed by atoms with Gasteiger partial charge < -0.3 is 0 Å². The van der Waals surface area contributed by atoms with Crippen molar-refractivity contribution in [1.29, 1.82) is 0 Å². The van der Waals surface area contributed by atoms with Crippen LogP contribution in [0.3, 0.4) is 0 Å². The molecule has 0 bridgehead atoms. The van der Waals surface area contributed by atoms with E-state index >= 15 is 0 Å². The summed E-state index contributed by atoms with van der Waals surface area (Å²) in [6, 6.07) is 55.1. The predicted octanol–water partition coefficient (Wildman–Crippen LogP) is 11.9. The Morgan fingerprint density at radius 2 is 0.620 bits per heavy atom. The van der Waals surface area contributed by atoms with Crippen molar-refractivity contribution in [3.05, 3.63) is 180 Å². The molecule has 7 aromatic rings. The third kappa shape index (κ3) is 6.50. The number of rotatable bonds is 9. The zero-order valence-electron chi connectivity index (χ0n) is 27.9. The van der Waals surface area contributed by atoms with E-state index in [1.54, 1.807) is 13.8 Å². The molecule has 3 heteroatoms. The second-order valence-electron chi connectivity index (χ2n) is 12.4. The summed E-state index contributed by atoms with van der Waals surface area (Å²) in [4.78, 5) is 35.5. The molecular formula is C47H34O3. The van der Waals surface area contributed by atoms with Crippen molar-refractivity contribution in [3.8, 4) is 66.8 Å². The highest BCUT2D eigenvalue weighted by molar-refractivity contribution is 5.97. The van der Waals surface area contributed by atoms with Gasteiger partial charge in [0.2, 0.25) is 0 Å². The molecule has 50 heavy (non-hydrogen) atoms. The lowest BCUT2D eigenvalue weighted by Crippen LogP contribution is -1.94. The minimum Gasteiger partial charge on any atom is -0.298 e. The van der Waals surface area contributed by atoms with E-state index in [0.29, 0.717) is 16.7 Å². The first-order chi connectivity index (χ1) is 24.4. The second-order valence-corrected chi connectivity index (χ2v) is 12.4. The van der Waals surface area contributed by atoms with E-state index in [-0.39, 0.29) is 11.6 Å². The van der Waals surface area contributed by atoms with Gasteiger partial charge in [0.25, 0.3) is 0 Å². The average molecular weight is 647 g/mol. The molecule has 0 aliphatic rings. The van der Waals surface area contributed by atoms with Crippen molar-refractivity contribution < 1.29 is 14.4 Å². The van der Waals surface area contributed by atoms with E-state index in [4.69, 9.17) is 0 Å². The molecule has 0 heterocycles. The predicted molar refractivity (Wildman–Crippen MR) is 204 cm³/mol. The highest BCUT2D eigenvalue weighted by Crippen LogP contribution is 2.42. The van der Waals surface area contributed by atoms with Gasteiger partial charge in [-0.25, -0.2) is 0 Å². The lowest BCUT2D eigenvalue weighted by molar-refractivity contribution is 0.100. The van der Waals surface area contributed by atoms with Crippen LogP contribution in [-0.4, -0.2) is 17.9 Å². The van der Waals surface area contributed by atoms with Crippen LogP contribution in [0, 0.1) is 0 Å². The maximum absolute atomic E-state index is 12.0. The standard InChI is InChI=1S/C47H34O3/c1-31(49)34-19-23-37(24-20-34)43-10-4-7-13-46(43)40-27-39(45-12-6-3-9-42(45)36-17-15-33(30-48)16-18-36)28-41(29-40)47-14-8-5-11-44(47)38-25-21-35(22-26-38)32(2)50/h3-30H,1-2H3. The van der Waals surface area contributed by atoms with Crippen LogP contribution in [-0.2, 0) is 0 Å². The van der Waals surface area contributed by atoms with Crippen molar-refractivity contribution in [2.75, 3.05) is 0 Å². The molecule has 0 unspecified atom stereocenters. The molecule has 0 saturated carbocycles. The highest BCUT2D eigenvalue weighted by Gasteiger charge is 2.16. The minimum absolute atomic E-state index is 0.0382. The number of carbonyl (C=O) groups is 3. The monoisotopic (exact) mass is 646 g/mol. The van der Waals surface area contributed by atoms with Crippen LogP contribution in [0.25, 0.3) is 66.8 Å². The molecule has 0 aromatic heterocycles. The zero-order valence-corrected chi connectivity index (χ0v) is 27.9. The Kier molecular flexibility index (Phi) is 8.96. The summed E-state index contributed by atoms with van der Waals surface area (Å²) in [5.41, 5.74) is 14.6. The summed E-state index contributed by atoms with van der Waals surface area (Å²) in [7, 11) is 0. The molecule has 240 valence electrons. The summed E-state index contributed by atoms with van der Waals surface area (Å²) < 4.78 is 0. The largest absolute Gasteiger partial charge is 0.298 e. The fourth-order valence-corrected chi connectivity index (χ4v) is 6.56. The van der Waals surface area contributed by atoms with Crippen molar-refractivity contribution in [1.82, 2.24) is 0 Å². The van der Waals surface area contributed by atoms with Crippen LogP contribution < -0.4 is 0 Å². The first kappa shape index (κ1) is 32.1. The molecule has 0 spiro atoms. The third-order valence-electron chi connectivity index (χ3n) is 9.21. The highest BCUT2D eigenvalue weighted by atomic mass is 16.1. The van der Waals surface area contributed by atoms with Gasteiger partial charge >= 0.3 is 0 Å². The minimum atomic E-state index is 0.0382. The van der Waals surface area contributed by atoms with E-state index in [9.17, 15) is 14.4 Å². The van der Waals surface area contributed by atoms with Gasteiger partial charge in [-0.15, -0.1) is 0 Å². The van der Waals surface area contributed by atoms with Gasteiger partial charge in [0.1, 0.15) is 6.29 Å². The molecular weight excluding hydrogens is 613 g/mol. The lowest BCUT2D eigenvalue weighted by atomic mass is 9.86. The Labute approximate surface area is 292 Å². The van der Waals surface area contributed by atoms with Crippen LogP contribution in [0.5, 0.6) is 0 Å². The number of benzene rings is 7. The van der Waals surface area contributed by atoms with E-state index in [2.05, 4.69) is 72.8 Å². The third-order valence-corrected chi connectivity index (χ3v) is 9.21. The summed E-state index contributed by atoms with van der Waals surface area (Å²) in [6.07, 6.45) is 0.863. The van der Waals surface area contributed by atoms with Crippen molar-refractivity contribution in [2.45, 2.75) is 13.8 Å². The van der Waals surface area contributed by atoms with E-state index < -0.39 is 0 Å². The van der Waals surface area contributed by atoms with Crippen LogP contribution in [0.1, 0.15) is 44.9 Å². The number of hydrogen-bond acceptors (Lipinski definition) is 3. The maximum Gasteiger partial charge on any atom is 0.159 e. The van der Waals surface area contributed by atoms with E-state index in [1.165, 1.54) is 0 Å². The number of Topliss-reactive ketones (excluding diaryl/α,β-unsaturated/α-hetero) is 2. The molecule has 0 saturated heterocycles. The van der Waals surface area contributed by atoms with Crippen LogP contribution in [0.2, 0.25) is 0 Å². The van der Waals surface area contributed by atoms with Gasteiger partial charge in [0.05, 0.1) is 0 Å². The SMILES string of the molecule is CC(=O)c1ccc(-c2ccccc2-c2cc(-c3ccccc3-c3ccc(C=O)cc3)cc(-c3ccccc3-c3ccc(C(C)=O)cc3)c2)cc1. The Morgan fingerprint density at radius 3 is 0.880 bits per heavy atom. The van der Waals surface area contributed by atoms with Gasteiger partial charge in [-0.2, -0.15) is 0 Å². The zero-order chi connectivity index (χ0) is 34.6. The number of aldehydes is 1.